The smallest absolute Gasteiger partial charge is 0.168 e. The second-order valence-electron chi connectivity index (χ2n) is 2.92. The van der Waals surface area contributed by atoms with E-state index in [9.17, 15) is 0 Å². The highest BCUT2D eigenvalue weighted by molar-refractivity contribution is 9.08. The summed E-state index contributed by atoms with van der Waals surface area (Å²) in [6.07, 6.45) is 0. The summed E-state index contributed by atoms with van der Waals surface area (Å²) < 4.78 is 5.15. The van der Waals surface area contributed by atoms with Gasteiger partial charge in [0.1, 0.15) is 0 Å². The summed E-state index contributed by atoms with van der Waals surface area (Å²) in [4.78, 5) is 0. The molecule has 0 amide bonds. The molecule has 5 heteroatoms. The van der Waals surface area contributed by atoms with Crippen molar-refractivity contribution in [2.24, 2.45) is 0 Å². The van der Waals surface area contributed by atoms with E-state index >= 15 is 0 Å². The monoisotopic (exact) mass is 305 g/mol. The predicted octanol–water partition coefficient (Wildman–Crippen LogP) is 4.54. The van der Waals surface area contributed by atoms with Crippen molar-refractivity contribution < 1.29 is 4.52 Å². The maximum Gasteiger partial charge on any atom is 0.168 e. The van der Waals surface area contributed by atoms with Crippen molar-refractivity contribution in [3.05, 3.63) is 40.0 Å². The van der Waals surface area contributed by atoms with Gasteiger partial charge >= 0.3 is 0 Å². The van der Waals surface area contributed by atoms with E-state index in [1.165, 1.54) is 0 Å². The largest absolute Gasteiger partial charge is 0.356 e. The lowest BCUT2D eigenvalue weighted by atomic mass is 10.1. The minimum atomic E-state index is 0.483. The van der Waals surface area contributed by atoms with Gasteiger partial charge in [-0.1, -0.05) is 50.4 Å². The number of aromatic nitrogens is 1. The highest BCUT2D eigenvalue weighted by atomic mass is 79.9. The van der Waals surface area contributed by atoms with E-state index < -0.39 is 0 Å². The zero-order valence-corrected chi connectivity index (χ0v) is 10.6. The Morgan fingerprint density at radius 3 is 2.80 bits per heavy atom. The molecule has 0 saturated carbocycles. The molecule has 1 aromatic heterocycles. The van der Waals surface area contributed by atoms with Crippen molar-refractivity contribution in [3.63, 3.8) is 0 Å². The summed E-state index contributed by atoms with van der Waals surface area (Å²) in [5.41, 5.74) is 1.57. The van der Waals surface area contributed by atoms with Gasteiger partial charge < -0.3 is 4.52 Å². The van der Waals surface area contributed by atoms with Gasteiger partial charge in [0.15, 0.2) is 5.76 Å². The molecule has 0 bridgehead atoms. The van der Waals surface area contributed by atoms with Crippen LogP contribution in [0, 0.1) is 0 Å². The molecule has 0 aliphatic heterocycles. The van der Waals surface area contributed by atoms with E-state index in [0.717, 1.165) is 11.3 Å². The van der Waals surface area contributed by atoms with Gasteiger partial charge in [0, 0.05) is 17.0 Å². The van der Waals surface area contributed by atoms with Crippen molar-refractivity contribution in [3.8, 4) is 11.3 Å². The van der Waals surface area contributed by atoms with Crippen LogP contribution < -0.4 is 0 Å². The van der Waals surface area contributed by atoms with Gasteiger partial charge in [0.2, 0.25) is 0 Å². The number of hydrogen-bond acceptors (Lipinski definition) is 2. The topological polar surface area (TPSA) is 26.0 Å². The third-order valence-corrected chi connectivity index (χ3v) is 3.31. The van der Waals surface area contributed by atoms with Gasteiger partial charge in [0.25, 0.3) is 0 Å². The molecule has 0 N–H and O–H groups in total. The van der Waals surface area contributed by atoms with Crippen LogP contribution in [0.3, 0.4) is 0 Å². The van der Waals surface area contributed by atoms with Gasteiger partial charge in [-0.25, -0.2) is 0 Å². The fraction of sp³-hybridized carbons (Fsp3) is 0.100. The van der Waals surface area contributed by atoms with Crippen molar-refractivity contribution >= 4 is 39.1 Å². The van der Waals surface area contributed by atoms with Gasteiger partial charge in [-0.15, -0.1) is 0 Å². The van der Waals surface area contributed by atoms with Crippen LogP contribution in [0.25, 0.3) is 11.3 Å². The Morgan fingerprint density at radius 2 is 2.13 bits per heavy atom. The van der Waals surface area contributed by atoms with Crippen LogP contribution in [-0.2, 0) is 5.33 Å². The molecule has 0 aliphatic rings. The second kappa shape index (κ2) is 4.56. The van der Waals surface area contributed by atoms with E-state index in [4.69, 9.17) is 27.7 Å². The van der Waals surface area contributed by atoms with Crippen molar-refractivity contribution in [1.82, 2.24) is 5.16 Å². The zero-order valence-electron chi connectivity index (χ0n) is 7.51. The minimum absolute atomic E-state index is 0.483. The van der Waals surface area contributed by atoms with Gasteiger partial charge in [-0.05, 0) is 12.1 Å². The van der Waals surface area contributed by atoms with Crippen LogP contribution in [0.15, 0.2) is 28.8 Å². The van der Waals surface area contributed by atoms with Crippen LogP contribution in [0.2, 0.25) is 10.0 Å². The number of halogens is 3. The molecule has 0 fully saturated rings. The first kappa shape index (κ1) is 11.0. The highest BCUT2D eigenvalue weighted by Crippen LogP contribution is 2.33. The summed E-state index contributed by atoms with van der Waals surface area (Å²) in [6, 6.07) is 7.22. The van der Waals surface area contributed by atoms with E-state index in [0.29, 0.717) is 21.1 Å². The third kappa shape index (κ3) is 2.19. The molecule has 78 valence electrons. The summed E-state index contributed by atoms with van der Waals surface area (Å²) in [5.74, 6) is 0.622. The summed E-state index contributed by atoms with van der Waals surface area (Å²) >= 11 is 15.2. The van der Waals surface area contributed by atoms with Crippen LogP contribution in [0.5, 0.6) is 0 Å². The van der Waals surface area contributed by atoms with E-state index in [1.807, 2.05) is 18.2 Å². The molecule has 0 spiro atoms. The lowest BCUT2D eigenvalue weighted by Gasteiger charge is -2.00. The summed E-state index contributed by atoms with van der Waals surface area (Å²) in [7, 11) is 0. The molecule has 0 atom stereocenters. The molecule has 15 heavy (non-hydrogen) atoms. The van der Waals surface area contributed by atoms with E-state index in [-0.39, 0.29) is 0 Å². The molecule has 0 aliphatic carbocycles. The maximum atomic E-state index is 6.05. The normalized spacial score (nSPS) is 10.6. The summed E-state index contributed by atoms with van der Waals surface area (Å²) in [5, 5.41) is 5.49. The number of nitrogens with zero attached hydrogens (tertiary/aromatic N) is 1. The second-order valence-corrected chi connectivity index (χ2v) is 4.26. The van der Waals surface area contributed by atoms with Crippen LogP contribution >= 0.6 is 39.1 Å². The Kier molecular flexibility index (Phi) is 3.34. The Labute approximate surface area is 105 Å². The Balaban J connectivity index is 2.49. The van der Waals surface area contributed by atoms with Crippen LogP contribution in [-0.4, -0.2) is 5.16 Å². The zero-order chi connectivity index (χ0) is 10.8. The SMILES string of the molecule is Clc1cccc(-c2cc(CBr)no2)c1Cl. The molecule has 0 radical (unpaired) electrons. The average molecular weight is 307 g/mol. The number of benzene rings is 1. The van der Waals surface area contributed by atoms with E-state index in [1.54, 1.807) is 6.07 Å². The third-order valence-electron chi connectivity index (χ3n) is 1.91. The quantitative estimate of drug-likeness (QED) is 0.761. The lowest BCUT2D eigenvalue weighted by Crippen LogP contribution is -1.77. The van der Waals surface area contributed by atoms with Gasteiger partial charge in [-0.2, -0.15) is 0 Å². The maximum absolute atomic E-state index is 6.05. The molecule has 0 saturated heterocycles. The first-order chi connectivity index (χ1) is 7.22. The van der Waals surface area contributed by atoms with Gasteiger partial charge in [0.05, 0.1) is 15.7 Å². The highest BCUT2D eigenvalue weighted by Gasteiger charge is 2.11. The summed E-state index contributed by atoms with van der Waals surface area (Å²) in [6.45, 7) is 0. The van der Waals surface area contributed by atoms with Gasteiger partial charge in [-0.3, -0.25) is 0 Å². The average Bonchev–Trinajstić information content (AvgIpc) is 2.70. The molecule has 0 unspecified atom stereocenters. The first-order valence-electron chi connectivity index (χ1n) is 4.18. The Morgan fingerprint density at radius 1 is 1.33 bits per heavy atom. The fourth-order valence-electron chi connectivity index (χ4n) is 1.20. The van der Waals surface area contributed by atoms with Crippen molar-refractivity contribution in [1.29, 1.82) is 0 Å². The molecule has 2 rings (SSSR count). The lowest BCUT2D eigenvalue weighted by molar-refractivity contribution is 0.426. The Hall–Kier alpha value is -0.510. The number of alkyl halides is 1. The van der Waals surface area contributed by atoms with Crippen LogP contribution in [0.4, 0.5) is 0 Å². The van der Waals surface area contributed by atoms with Crippen molar-refractivity contribution in [2.45, 2.75) is 5.33 Å². The molecule has 1 aromatic carbocycles. The molecule has 1 heterocycles. The molecular weight excluding hydrogens is 301 g/mol. The number of rotatable bonds is 2. The molecular formula is C10H6BrCl2NO. The Bertz CT molecular complexity index is 484. The number of hydrogen-bond donors (Lipinski definition) is 0. The predicted molar refractivity (Wildman–Crippen MR) is 64.6 cm³/mol. The molecule has 2 aromatic rings. The van der Waals surface area contributed by atoms with E-state index in [2.05, 4.69) is 21.1 Å². The minimum Gasteiger partial charge on any atom is -0.356 e. The van der Waals surface area contributed by atoms with Crippen molar-refractivity contribution in [2.75, 3.05) is 0 Å². The standard InChI is InChI=1S/C10H6BrCl2NO/c11-5-6-4-9(15-14-6)7-2-1-3-8(12)10(7)13/h1-4H,5H2. The first-order valence-corrected chi connectivity index (χ1v) is 6.06. The van der Waals surface area contributed by atoms with Crippen LogP contribution in [0.1, 0.15) is 5.69 Å². The fourth-order valence-corrected chi connectivity index (χ4v) is 1.85. The molecule has 2 nitrogen and oxygen atoms in total.